The Hall–Kier alpha value is 0.0900. The topological polar surface area (TPSA) is 3.24 Å². The summed E-state index contributed by atoms with van der Waals surface area (Å²) in [6.45, 7) is 1.86. The molecule has 0 aliphatic carbocycles. The van der Waals surface area contributed by atoms with Gasteiger partial charge in [-0.3, -0.25) is 0 Å². The molecule has 0 aliphatic rings. The van der Waals surface area contributed by atoms with Gasteiger partial charge in [0.2, 0.25) is 0 Å². The molecule has 2 heteroatoms. The van der Waals surface area contributed by atoms with Crippen LogP contribution < -0.4 is 21.5 Å². The fourth-order valence-electron chi connectivity index (χ4n) is 0.196. The fraction of sp³-hybridized carbons (Fsp3) is 0.600. The van der Waals surface area contributed by atoms with Crippen molar-refractivity contribution in [1.29, 1.82) is 0 Å². The Bertz CT molecular complexity index is 90.0. The van der Waals surface area contributed by atoms with Crippen LogP contribution in [0.2, 0.25) is 0 Å². The van der Waals surface area contributed by atoms with E-state index in [4.69, 9.17) is 0 Å². The minimum atomic E-state index is 0.198. The van der Waals surface area contributed by atoms with E-state index in [9.17, 15) is 0 Å². The van der Waals surface area contributed by atoms with Crippen molar-refractivity contribution in [2.75, 3.05) is 12.0 Å². The first-order valence-corrected chi connectivity index (χ1v) is 5.09. The maximum atomic E-state index is 2.93. The maximum absolute atomic E-state index is 2.93. The monoisotopic (exact) mass is 210 g/mol. The first-order valence-electron chi connectivity index (χ1n) is 1.97. The Morgan fingerprint density at radius 3 is 2.29 bits per heavy atom. The van der Waals surface area contributed by atoms with Gasteiger partial charge < -0.3 is 0 Å². The molecular weight excluding hydrogens is 201 g/mol. The Kier molecular flexibility index (Phi) is 4.31. The Balaban J connectivity index is 3.29. The average molecular weight is 210 g/mol. The first-order chi connectivity index (χ1) is 3.31. The van der Waals surface area contributed by atoms with Crippen LogP contribution in [0.25, 0.3) is 0 Å². The van der Waals surface area contributed by atoms with E-state index in [0.717, 1.165) is 0 Å². The molecule has 0 aromatic carbocycles. The van der Waals surface area contributed by atoms with E-state index in [-0.39, 0.29) is 21.5 Å². The van der Waals surface area contributed by atoms with Gasteiger partial charge in [0.15, 0.2) is 0 Å². The molecule has 0 atom stereocenters. The molecule has 0 saturated heterocycles. The summed E-state index contributed by atoms with van der Waals surface area (Å²) < 4.78 is 2.05. The van der Waals surface area contributed by atoms with E-state index in [1.165, 1.54) is 0 Å². The Labute approximate surface area is 55.7 Å². The second-order valence-electron chi connectivity index (χ2n) is 1.01. The summed E-state index contributed by atoms with van der Waals surface area (Å²) in [5.74, 6) is 2.82. The zero-order valence-corrected chi connectivity index (χ0v) is 6.98. The van der Waals surface area contributed by atoms with Crippen molar-refractivity contribution in [1.82, 2.24) is 3.11 Å². The van der Waals surface area contributed by atoms with Gasteiger partial charge >= 0.3 is 55.5 Å². The summed E-state index contributed by atoms with van der Waals surface area (Å²) >= 11 is 0.198. The molecule has 7 heavy (non-hydrogen) atoms. The molecule has 0 saturated carbocycles. The number of hydrogen-bond donors (Lipinski definition) is 0. The third-order valence-electron chi connectivity index (χ3n) is 0.519. The molecule has 0 heterocycles. The second kappa shape index (κ2) is 4.25. The van der Waals surface area contributed by atoms with E-state index in [2.05, 4.69) is 20.0 Å². The summed E-state index contributed by atoms with van der Waals surface area (Å²) in [6.07, 6.45) is 0. The van der Waals surface area contributed by atoms with Gasteiger partial charge in [-0.15, -0.1) is 0 Å². The molecule has 0 bridgehead atoms. The van der Waals surface area contributed by atoms with Gasteiger partial charge in [0, 0.05) is 0 Å². The zero-order chi connectivity index (χ0) is 5.70. The summed E-state index contributed by atoms with van der Waals surface area (Å²) in [7, 11) is 2.02. The molecule has 0 N–H and O–H groups in total. The van der Waals surface area contributed by atoms with Crippen LogP contribution in [-0.2, 0) is 0 Å². The quantitative estimate of drug-likeness (QED) is 0.152. The van der Waals surface area contributed by atoms with E-state index >= 15 is 0 Å². The van der Waals surface area contributed by atoms with Crippen molar-refractivity contribution in [3.05, 3.63) is 0 Å². The van der Waals surface area contributed by atoms with E-state index in [0.29, 0.717) is 0 Å². The van der Waals surface area contributed by atoms with Crippen molar-refractivity contribution in [2.45, 2.75) is 6.92 Å². The van der Waals surface area contributed by atoms with Crippen molar-refractivity contribution in [3.63, 3.8) is 0 Å². The van der Waals surface area contributed by atoms with Gasteiger partial charge in [-0.2, -0.15) is 0 Å². The normalized spacial score (nSPS) is 7.29. The van der Waals surface area contributed by atoms with E-state index in [1.54, 1.807) is 0 Å². The Morgan fingerprint density at radius 2 is 2.14 bits per heavy atom. The van der Waals surface area contributed by atoms with Crippen molar-refractivity contribution < 1.29 is 21.5 Å². The van der Waals surface area contributed by atoms with Crippen molar-refractivity contribution in [2.24, 2.45) is 0 Å². The summed E-state index contributed by atoms with van der Waals surface area (Å²) in [4.78, 5) is 2.18. The van der Waals surface area contributed by atoms with Gasteiger partial charge in [-0.25, -0.2) is 0 Å². The van der Waals surface area contributed by atoms with Crippen LogP contribution in [0.1, 0.15) is 6.92 Å². The van der Waals surface area contributed by atoms with Crippen LogP contribution in [0, 0.1) is 12.0 Å². The molecule has 1 nitrogen and oxygen atoms in total. The molecule has 0 aromatic rings. The van der Waals surface area contributed by atoms with Crippen LogP contribution in [0.4, 0.5) is 0 Å². The molecule has 0 spiro atoms. The standard InChI is InChI=1S/C5H9IN/c1-4-5-7(3)6-2/h1-3H3/q-1. The number of rotatable bonds is 1. The second-order valence-corrected chi connectivity index (χ2v) is 3.42. The van der Waals surface area contributed by atoms with Crippen molar-refractivity contribution >= 4 is 0 Å². The van der Waals surface area contributed by atoms with Crippen molar-refractivity contribution in [3.8, 4) is 12.0 Å². The van der Waals surface area contributed by atoms with E-state index < -0.39 is 0 Å². The SMILES string of the molecule is CC#CN(C)[I-]C. The number of nitrogens with zero attached hydrogens (tertiary/aromatic N) is 1. The predicted molar refractivity (Wildman–Crippen MR) is 27.1 cm³/mol. The number of hydrogen-bond acceptors (Lipinski definition) is 1. The van der Waals surface area contributed by atoms with Crippen LogP contribution >= 0.6 is 0 Å². The molecule has 0 rings (SSSR count). The van der Waals surface area contributed by atoms with E-state index in [1.807, 2.05) is 14.0 Å². The number of halogens is 1. The number of alkyl halides is 1. The van der Waals surface area contributed by atoms with Gasteiger partial charge in [0.05, 0.1) is 0 Å². The third-order valence-corrected chi connectivity index (χ3v) is 2.21. The first kappa shape index (κ1) is 7.09. The van der Waals surface area contributed by atoms with Gasteiger partial charge in [-0.05, 0) is 0 Å². The fourth-order valence-corrected chi connectivity index (χ4v) is 0.679. The molecule has 0 unspecified atom stereocenters. The molecule has 0 fully saturated rings. The van der Waals surface area contributed by atoms with Gasteiger partial charge in [-0.1, -0.05) is 0 Å². The van der Waals surface area contributed by atoms with Crippen LogP contribution in [0.5, 0.6) is 0 Å². The third kappa shape index (κ3) is 3.93. The van der Waals surface area contributed by atoms with Crippen LogP contribution in [0.15, 0.2) is 0 Å². The molecular formula is C5H9IN-. The summed E-state index contributed by atoms with van der Waals surface area (Å²) in [5.41, 5.74) is 0. The minimum absolute atomic E-state index is 0.198. The molecule has 42 valence electrons. The average Bonchev–Trinajstić information content (AvgIpc) is 1.68. The molecule has 0 aromatic heterocycles. The Morgan fingerprint density at radius 1 is 1.57 bits per heavy atom. The van der Waals surface area contributed by atoms with Gasteiger partial charge in [0.1, 0.15) is 0 Å². The predicted octanol–water partition coefficient (Wildman–Crippen LogP) is -2.47. The van der Waals surface area contributed by atoms with Gasteiger partial charge in [0.25, 0.3) is 0 Å². The molecule has 0 amide bonds. The molecule has 0 radical (unpaired) electrons. The summed E-state index contributed by atoms with van der Waals surface area (Å²) in [6, 6.07) is 2.93. The molecule has 0 aliphatic heterocycles. The van der Waals surface area contributed by atoms with Crippen LogP contribution in [-0.4, -0.2) is 15.1 Å². The van der Waals surface area contributed by atoms with Crippen LogP contribution in [0.3, 0.4) is 0 Å². The summed E-state index contributed by atoms with van der Waals surface area (Å²) in [5, 5.41) is 0. The zero-order valence-electron chi connectivity index (χ0n) is 4.83.